The number of halogens is 1. The Morgan fingerprint density at radius 1 is 1.17 bits per heavy atom. The molecule has 1 aliphatic rings. The van der Waals surface area contributed by atoms with Crippen LogP contribution in [0.3, 0.4) is 0 Å². The number of rotatable bonds is 6. The van der Waals surface area contributed by atoms with E-state index in [1.165, 1.54) is 24.3 Å². The minimum Gasteiger partial charge on any atom is -0.457 e. The van der Waals surface area contributed by atoms with E-state index in [-0.39, 0.29) is 23.1 Å². The summed E-state index contributed by atoms with van der Waals surface area (Å²) < 4.78 is 32.2. The lowest BCUT2D eigenvalue weighted by Crippen LogP contribution is -2.25. The highest BCUT2D eigenvalue weighted by molar-refractivity contribution is 7.89. The van der Waals surface area contributed by atoms with Crippen molar-refractivity contribution in [3.8, 4) is 0 Å². The lowest BCUT2D eigenvalue weighted by Gasteiger charge is -2.09. The highest BCUT2D eigenvalue weighted by Crippen LogP contribution is 2.23. The largest absolute Gasteiger partial charge is 0.457 e. The third-order valence-electron chi connectivity index (χ3n) is 3.60. The molecule has 126 valence electrons. The van der Waals surface area contributed by atoms with Crippen LogP contribution < -0.4 is 4.72 Å². The zero-order valence-electron chi connectivity index (χ0n) is 12.7. The van der Waals surface area contributed by atoms with Crippen LogP contribution in [0.5, 0.6) is 0 Å². The van der Waals surface area contributed by atoms with Crippen LogP contribution in [-0.4, -0.2) is 20.4 Å². The standard InChI is InChI=1S/C17H16ClNO4S/c18-16-7-2-1-4-13(16)11-23-17(20)12-5-3-6-15(10-12)24(21,22)19-14-8-9-14/h1-7,10,14,19H,8-9,11H2. The van der Waals surface area contributed by atoms with Crippen molar-refractivity contribution in [1.82, 2.24) is 4.72 Å². The second-order valence-electron chi connectivity index (χ2n) is 5.59. The minimum atomic E-state index is -3.61. The van der Waals surface area contributed by atoms with Crippen molar-refractivity contribution < 1.29 is 17.9 Å². The first-order valence-electron chi connectivity index (χ1n) is 7.48. The number of hydrogen-bond acceptors (Lipinski definition) is 4. The van der Waals surface area contributed by atoms with Crippen molar-refractivity contribution in [2.24, 2.45) is 0 Å². The molecule has 5 nitrogen and oxygen atoms in total. The van der Waals surface area contributed by atoms with Gasteiger partial charge in [-0.1, -0.05) is 35.9 Å². The summed E-state index contributed by atoms with van der Waals surface area (Å²) >= 11 is 6.01. The third-order valence-corrected chi connectivity index (χ3v) is 5.48. The molecule has 2 aromatic carbocycles. The number of benzene rings is 2. The topological polar surface area (TPSA) is 72.5 Å². The molecule has 0 aliphatic heterocycles. The molecule has 0 amide bonds. The summed E-state index contributed by atoms with van der Waals surface area (Å²) in [6, 6.07) is 12.9. The van der Waals surface area contributed by atoms with Crippen molar-refractivity contribution >= 4 is 27.6 Å². The zero-order chi connectivity index (χ0) is 17.2. The molecule has 1 aliphatic carbocycles. The average molecular weight is 366 g/mol. The van der Waals surface area contributed by atoms with Gasteiger partial charge in [0.2, 0.25) is 10.0 Å². The van der Waals surface area contributed by atoms with Gasteiger partial charge >= 0.3 is 5.97 Å². The molecular formula is C17H16ClNO4S. The molecule has 1 N–H and O–H groups in total. The second-order valence-corrected chi connectivity index (χ2v) is 7.71. The highest BCUT2D eigenvalue weighted by Gasteiger charge is 2.28. The van der Waals surface area contributed by atoms with E-state index in [1.54, 1.807) is 24.3 Å². The van der Waals surface area contributed by atoms with Gasteiger partial charge in [0.25, 0.3) is 0 Å². The van der Waals surface area contributed by atoms with E-state index >= 15 is 0 Å². The SMILES string of the molecule is O=C(OCc1ccccc1Cl)c1cccc(S(=O)(=O)NC2CC2)c1. The van der Waals surface area contributed by atoms with Gasteiger partial charge in [0.05, 0.1) is 10.5 Å². The number of sulfonamides is 1. The van der Waals surface area contributed by atoms with Gasteiger partial charge < -0.3 is 4.74 Å². The monoisotopic (exact) mass is 365 g/mol. The molecule has 0 radical (unpaired) electrons. The third kappa shape index (κ3) is 4.14. The van der Waals surface area contributed by atoms with E-state index in [2.05, 4.69) is 4.72 Å². The lowest BCUT2D eigenvalue weighted by molar-refractivity contribution is 0.0472. The quantitative estimate of drug-likeness (QED) is 0.798. The molecule has 0 bridgehead atoms. The molecule has 0 heterocycles. The van der Waals surface area contributed by atoms with Crippen molar-refractivity contribution in [2.45, 2.75) is 30.4 Å². The molecule has 0 saturated heterocycles. The number of ether oxygens (including phenoxy) is 1. The van der Waals surface area contributed by atoms with Gasteiger partial charge in [-0.3, -0.25) is 0 Å². The Balaban J connectivity index is 1.71. The van der Waals surface area contributed by atoms with Crippen LogP contribution in [0, 0.1) is 0 Å². The van der Waals surface area contributed by atoms with Gasteiger partial charge in [0.1, 0.15) is 6.61 Å². The second kappa shape index (κ2) is 6.93. The van der Waals surface area contributed by atoms with Gasteiger partial charge in [-0.2, -0.15) is 0 Å². The van der Waals surface area contributed by atoms with Crippen LogP contribution in [0.4, 0.5) is 0 Å². The molecular weight excluding hydrogens is 350 g/mol. The van der Waals surface area contributed by atoms with E-state index in [9.17, 15) is 13.2 Å². The molecule has 0 spiro atoms. The van der Waals surface area contributed by atoms with Crippen LogP contribution >= 0.6 is 11.6 Å². The minimum absolute atomic E-state index is 0.00540. The number of carbonyl (C=O) groups is 1. The Hall–Kier alpha value is -1.89. The van der Waals surface area contributed by atoms with Gasteiger partial charge in [0, 0.05) is 16.6 Å². The molecule has 2 aromatic rings. The van der Waals surface area contributed by atoms with Gasteiger partial charge in [-0.15, -0.1) is 0 Å². The van der Waals surface area contributed by atoms with E-state index in [1.807, 2.05) is 0 Å². The van der Waals surface area contributed by atoms with Crippen molar-refractivity contribution in [3.05, 3.63) is 64.7 Å². The summed E-state index contributed by atoms with van der Waals surface area (Å²) in [6.07, 6.45) is 1.69. The summed E-state index contributed by atoms with van der Waals surface area (Å²) in [7, 11) is -3.61. The van der Waals surface area contributed by atoms with Gasteiger partial charge in [0.15, 0.2) is 0 Å². The Kier molecular flexibility index (Phi) is 4.89. The van der Waals surface area contributed by atoms with Crippen molar-refractivity contribution in [2.75, 3.05) is 0 Å². The molecule has 0 unspecified atom stereocenters. The fourth-order valence-corrected chi connectivity index (χ4v) is 3.66. The van der Waals surface area contributed by atoms with Crippen molar-refractivity contribution in [1.29, 1.82) is 0 Å². The Morgan fingerprint density at radius 3 is 2.62 bits per heavy atom. The van der Waals surface area contributed by atoms with Crippen LogP contribution in [0.15, 0.2) is 53.4 Å². The Bertz CT molecular complexity index is 862. The molecule has 0 aromatic heterocycles. The fourth-order valence-electron chi connectivity index (χ4n) is 2.12. The van der Waals surface area contributed by atoms with Crippen LogP contribution in [0.25, 0.3) is 0 Å². The molecule has 3 rings (SSSR count). The summed E-state index contributed by atoms with van der Waals surface area (Å²) in [5.74, 6) is -0.599. The first kappa shape index (κ1) is 17.0. The number of nitrogens with one attached hydrogen (secondary N) is 1. The average Bonchev–Trinajstić information content (AvgIpc) is 3.37. The lowest BCUT2D eigenvalue weighted by atomic mass is 10.2. The van der Waals surface area contributed by atoms with Crippen LogP contribution in [0.2, 0.25) is 5.02 Å². The summed E-state index contributed by atoms with van der Waals surface area (Å²) in [5.41, 5.74) is 0.868. The Morgan fingerprint density at radius 2 is 1.92 bits per heavy atom. The predicted molar refractivity (Wildman–Crippen MR) is 90.4 cm³/mol. The van der Waals surface area contributed by atoms with E-state index < -0.39 is 16.0 Å². The predicted octanol–water partition coefficient (Wildman–Crippen LogP) is 3.14. The van der Waals surface area contributed by atoms with Crippen LogP contribution in [0.1, 0.15) is 28.8 Å². The number of carbonyl (C=O) groups excluding carboxylic acids is 1. The summed E-state index contributed by atoms with van der Waals surface area (Å²) in [4.78, 5) is 12.2. The molecule has 24 heavy (non-hydrogen) atoms. The maximum Gasteiger partial charge on any atom is 0.338 e. The molecule has 1 saturated carbocycles. The van der Waals surface area contributed by atoms with E-state index in [4.69, 9.17) is 16.3 Å². The van der Waals surface area contributed by atoms with E-state index in [0.29, 0.717) is 10.6 Å². The maximum atomic E-state index is 12.2. The fraction of sp³-hybridized carbons (Fsp3) is 0.235. The summed E-state index contributed by atoms with van der Waals surface area (Å²) in [5, 5.41) is 0.510. The highest BCUT2D eigenvalue weighted by atomic mass is 35.5. The first-order valence-corrected chi connectivity index (χ1v) is 9.35. The summed E-state index contributed by atoms with van der Waals surface area (Å²) in [6.45, 7) is 0.0236. The first-order chi connectivity index (χ1) is 11.5. The normalized spacial score (nSPS) is 14.4. The van der Waals surface area contributed by atoms with E-state index in [0.717, 1.165) is 12.8 Å². The smallest absolute Gasteiger partial charge is 0.338 e. The van der Waals surface area contributed by atoms with Crippen LogP contribution in [-0.2, 0) is 21.4 Å². The molecule has 1 fully saturated rings. The Labute approximate surface area is 145 Å². The molecule has 0 atom stereocenters. The number of esters is 1. The van der Waals surface area contributed by atoms with Crippen molar-refractivity contribution in [3.63, 3.8) is 0 Å². The maximum absolute atomic E-state index is 12.2. The molecule has 7 heteroatoms. The number of hydrogen-bond donors (Lipinski definition) is 1. The van der Waals surface area contributed by atoms with Gasteiger partial charge in [-0.25, -0.2) is 17.9 Å². The zero-order valence-corrected chi connectivity index (χ0v) is 14.3. The van der Waals surface area contributed by atoms with Gasteiger partial charge in [-0.05, 0) is 37.1 Å².